The molecule has 0 amide bonds. The lowest BCUT2D eigenvalue weighted by molar-refractivity contribution is 0.523. The fraction of sp³-hybridized carbons (Fsp3) is 0.500. The standard InChI is InChI=1S/C16H22N2/c1-16(2)13(14(16)9-17)8-7-11-10-18-15-6-4-3-5-12(11)15/h3-6,10,13-14,18H,7-9,17H2,1-2H3/t13-,14-/m0/s1. The molecule has 0 unspecified atom stereocenters. The van der Waals surface area contributed by atoms with Crippen LogP contribution >= 0.6 is 0 Å². The van der Waals surface area contributed by atoms with Crippen molar-refractivity contribution in [2.45, 2.75) is 26.7 Å². The van der Waals surface area contributed by atoms with Crippen LogP contribution in [0.4, 0.5) is 0 Å². The maximum Gasteiger partial charge on any atom is 0.0456 e. The van der Waals surface area contributed by atoms with Crippen LogP contribution in [0.2, 0.25) is 0 Å². The van der Waals surface area contributed by atoms with E-state index in [1.807, 2.05) is 0 Å². The molecule has 96 valence electrons. The van der Waals surface area contributed by atoms with Crippen molar-refractivity contribution < 1.29 is 0 Å². The molecule has 1 aliphatic carbocycles. The molecule has 1 saturated carbocycles. The van der Waals surface area contributed by atoms with Crippen LogP contribution in [-0.4, -0.2) is 11.5 Å². The minimum absolute atomic E-state index is 0.459. The first-order chi connectivity index (χ1) is 8.64. The highest BCUT2D eigenvalue weighted by Gasteiger charge is 2.55. The largest absolute Gasteiger partial charge is 0.361 e. The first-order valence-corrected chi connectivity index (χ1v) is 6.89. The molecule has 2 atom stereocenters. The number of fused-ring (bicyclic) bond motifs is 1. The highest BCUT2D eigenvalue weighted by Crippen LogP contribution is 2.59. The van der Waals surface area contributed by atoms with Gasteiger partial charge >= 0.3 is 0 Å². The van der Waals surface area contributed by atoms with Crippen LogP contribution < -0.4 is 5.73 Å². The van der Waals surface area contributed by atoms with Gasteiger partial charge in [0.25, 0.3) is 0 Å². The van der Waals surface area contributed by atoms with E-state index < -0.39 is 0 Å². The molecule has 1 heterocycles. The maximum atomic E-state index is 5.83. The third kappa shape index (κ3) is 1.76. The van der Waals surface area contributed by atoms with Gasteiger partial charge in [0.2, 0.25) is 0 Å². The first-order valence-electron chi connectivity index (χ1n) is 6.89. The molecule has 3 rings (SSSR count). The molecule has 3 N–H and O–H groups in total. The van der Waals surface area contributed by atoms with Gasteiger partial charge in [-0.25, -0.2) is 0 Å². The van der Waals surface area contributed by atoms with Gasteiger partial charge in [-0.2, -0.15) is 0 Å². The molecule has 0 saturated heterocycles. The lowest BCUT2D eigenvalue weighted by atomic mass is 10.0. The number of rotatable bonds is 4. The van der Waals surface area contributed by atoms with E-state index in [0.717, 1.165) is 24.8 Å². The van der Waals surface area contributed by atoms with Gasteiger partial charge < -0.3 is 10.7 Å². The average molecular weight is 242 g/mol. The minimum atomic E-state index is 0.459. The van der Waals surface area contributed by atoms with Crippen LogP contribution in [0.25, 0.3) is 10.9 Å². The summed E-state index contributed by atoms with van der Waals surface area (Å²) < 4.78 is 0. The molecule has 0 radical (unpaired) electrons. The second kappa shape index (κ2) is 4.13. The predicted octanol–water partition coefficient (Wildman–Crippen LogP) is 3.33. The van der Waals surface area contributed by atoms with E-state index in [2.05, 4.69) is 49.3 Å². The summed E-state index contributed by atoms with van der Waals surface area (Å²) in [5.41, 5.74) is 8.99. The molecule has 1 aromatic carbocycles. The number of aryl methyl sites for hydroxylation is 1. The van der Waals surface area contributed by atoms with Crippen molar-refractivity contribution >= 4 is 10.9 Å². The number of hydrogen-bond donors (Lipinski definition) is 2. The molecule has 1 aromatic heterocycles. The van der Waals surface area contributed by atoms with Gasteiger partial charge in [0.05, 0.1) is 0 Å². The molecular formula is C16H22N2. The number of H-pyrrole nitrogens is 1. The van der Waals surface area contributed by atoms with Crippen molar-refractivity contribution in [1.29, 1.82) is 0 Å². The quantitative estimate of drug-likeness (QED) is 0.848. The summed E-state index contributed by atoms with van der Waals surface area (Å²) in [6.07, 6.45) is 4.59. The van der Waals surface area contributed by atoms with E-state index in [9.17, 15) is 0 Å². The van der Waals surface area contributed by atoms with Crippen LogP contribution in [0.15, 0.2) is 30.5 Å². The monoisotopic (exact) mass is 242 g/mol. The molecule has 18 heavy (non-hydrogen) atoms. The summed E-state index contributed by atoms with van der Waals surface area (Å²) in [6, 6.07) is 8.54. The van der Waals surface area contributed by atoms with Gasteiger partial charge in [-0.15, -0.1) is 0 Å². The Balaban J connectivity index is 1.71. The normalized spacial score (nSPS) is 25.5. The number of aromatic amines is 1. The summed E-state index contributed by atoms with van der Waals surface area (Å²) >= 11 is 0. The molecule has 0 aliphatic heterocycles. The molecule has 1 fully saturated rings. The summed E-state index contributed by atoms with van der Waals surface area (Å²) in [7, 11) is 0. The zero-order chi connectivity index (χ0) is 12.8. The Morgan fingerprint density at radius 1 is 1.22 bits per heavy atom. The summed E-state index contributed by atoms with van der Waals surface area (Å²) in [6.45, 7) is 5.54. The molecule has 2 heteroatoms. The van der Waals surface area contributed by atoms with Gasteiger partial charge in [0.15, 0.2) is 0 Å². The summed E-state index contributed by atoms with van der Waals surface area (Å²) in [4.78, 5) is 3.35. The van der Waals surface area contributed by atoms with Gasteiger partial charge in [0.1, 0.15) is 0 Å². The fourth-order valence-electron chi connectivity index (χ4n) is 3.55. The summed E-state index contributed by atoms with van der Waals surface area (Å²) in [5.74, 6) is 1.53. The number of benzene rings is 1. The SMILES string of the molecule is CC1(C)[C@@H](CN)[C@@H]1CCc1c[nH]c2ccccc12. The fourth-order valence-corrected chi connectivity index (χ4v) is 3.55. The van der Waals surface area contributed by atoms with E-state index in [4.69, 9.17) is 5.73 Å². The van der Waals surface area contributed by atoms with E-state index in [0.29, 0.717) is 5.41 Å². The second-order valence-electron chi connectivity index (χ2n) is 6.17. The van der Waals surface area contributed by atoms with Crippen molar-refractivity contribution in [3.63, 3.8) is 0 Å². The van der Waals surface area contributed by atoms with E-state index in [1.54, 1.807) is 0 Å². The van der Waals surface area contributed by atoms with Crippen LogP contribution in [0.3, 0.4) is 0 Å². The Labute approximate surface area is 109 Å². The van der Waals surface area contributed by atoms with Crippen molar-refractivity contribution in [2.24, 2.45) is 23.0 Å². The predicted molar refractivity (Wildman–Crippen MR) is 76.4 cm³/mol. The molecule has 0 bridgehead atoms. The van der Waals surface area contributed by atoms with E-state index in [-0.39, 0.29) is 0 Å². The van der Waals surface area contributed by atoms with Gasteiger partial charge in [-0.05, 0) is 48.3 Å². The van der Waals surface area contributed by atoms with E-state index in [1.165, 1.54) is 22.9 Å². The number of para-hydroxylation sites is 1. The zero-order valence-corrected chi connectivity index (χ0v) is 11.2. The Morgan fingerprint density at radius 2 is 2.00 bits per heavy atom. The van der Waals surface area contributed by atoms with Crippen molar-refractivity contribution in [3.8, 4) is 0 Å². The van der Waals surface area contributed by atoms with Gasteiger partial charge in [-0.3, -0.25) is 0 Å². The van der Waals surface area contributed by atoms with Gasteiger partial charge in [-0.1, -0.05) is 32.0 Å². The van der Waals surface area contributed by atoms with Crippen LogP contribution in [0.5, 0.6) is 0 Å². The van der Waals surface area contributed by atoms with Crippen LogP contribution in [0, 0.1) is 17.3 Å². The lowest BCUT2D eigenvalue weighted by Crippen LogP contribution is -2.05. The first kappa shape index (κ1) is 11.8. The second-order valence-corrected chi connectivity index (χ2v) is 6.17. The maximum absolute atomic E-state index is 5.83. The topological polar surface area (TPSA) is 41.8 Å². The lowest BCUT2D eigenvalue weighted by Gasteiger charge is -2.02. The van der Waals surface area contributed by atoms with Crippen molar-refractivity contribution in [2.75, 3.05) is 6.54 Å². The Hall–Kier alpha value is -1.28. The third-order valence-corrected chi connectivity index (χ3v) is 4.94. The zero-order valence-electron chi connectivity index (χ0n) is 11.2. The molecule has 2 aromatic rings. The molecule has 0 spiro atoms. The van der Waals surface area contributed by atoms with Crippen molar-refractivity contribution in [1.82, 2.24) is 4.98 Å². The minimum Gasteiger partial charge on any atom is -0.361 e. The smallest absolute Gasteiger partial charge is 0.0456 e. The Bertz CT molecular complexity index is 553. The van der Waals surface area contributed by atoms with Crippen LogP contribution in [0.1, 0.15) is 25.8 Å². The highest BCUT2D eigenvalue weighted by molar-refractivity contribution is 5.82. The number of nitrogens with two attached hydrogens (primary N) is 1. The molecule has 2 nitrogen and oxygen atoms in total. The number of nitrogens with one attached hydrogen (secondary N) is 1. The third-order valence-electron chi connectivity index (χ3n) is 4.94. The Morgan fingerprint density at radius 3 is 2.72 bits per heavy atom. The Kier molecular flexibility index (Phi) is 2.70. The number of aromatic nitrogens is 1. The van der Waals surface area contributed by atoms with Gasteiger partial charge in [0, 0.05) is 17.1 Å². The van der Waals surface area contributed by atoms with E-state index >= 15 is 0 Å². The van der Waals surface area contributed by atoms with Crippen molar-refractivity contribution in [3.05, 3.63) is 36.0 Å². The average Bonchev–Trinajstić information content (AvgIpc) is 2.72. The van der Waals surface area contributed by atoms with Crippen LogP contribution in [-0.2, 0) is 6.42 Å². The number of hydrogen-bond acceptors (Lipinski definition) is 1. The molecular weight excluding hydrogens is 220 g/mol. The molecule has 1 aliphatic rings. The highest BCUT2D eigenvalue weighted by atomic mass is 14.7. The summed E-state index contributed by atoms with van der Waals surface area (Å²) in [5, 5.41) is 1.38.